The lowest BCUT2D eigenvalue weighted by Gasteiger charge is -2.44. The maximum absolute atomic E-state index is 12.9. The number of unbranched alkanes of at least 4 members (excludes halogenated alkanes) is 1. The van der Waals surface area contributed by atoms with Gasteiger partial charge in [-0.25, -0.2) is 4.79 Å². The van der Waals surface area contributed by atoms with Crippen LogP contribution in [-0.4, -0.2) is 84.3 Å². The maximum atomic E-state index is 12.9. The van der Waals surface area contributed by atoms with Gasteiger partial charge in [-0.1, -0.05) is 44.1 Å². The molecule has 10 heteroatoms. The van der Waals surface area contributed by atoms with Crippen molar-refractivity contribution >= 4 is 45.4 Å². The molecule has 0 radical (unpaired) electrons. The number of quaternary nitrogens is 1. The molecule has 1 aromatic carbocycles. The van der Waals surface area contributed by atoms with E-state index >= 15 is 0 Å². The highest BCUT2D eigenvalue weighted by Gasteiger charge is 2.47. The molecule has 0 bridgehead atoms. The molecule has 3 heterocycles. The number of piperazine rings is 1. The summed E-state index contributed by atoms with van der Waals surface area (Å²) in [5, 5.41) is 1.17. The van der Waals surface area contributed by atoms with Crippen molar-refractivity contribution < 1.29 is 28.3 Å². The van der Waals surface area contributed by atoms with E-state index in [1.54, 1.807) is 0 Å². The minimum atomic E-state index is -0.651. The Hall–Kier alpha value is -2.98. The van der Waals surface area contributed by atoms with Crippen LogP contribution in [0, 0.1) is 11.8 Å². The number of aromatic nitrogens is 1. The minimum Gasteiger partial charge on any atom is -0.430 e. The van der Waals surface area contributed by atoms with Crippen LogP contribution >= 0.6 is 11.5 Å². The van der Waals surface area contributed by atoms with Gasteiger partial charge >= 0.3 is 6.16 Å². The molecule has 3 aliphatic rings. The number of hydrogen-bond donors (Lipinski definition) is 0. The van der Waals surface area contributed by atoms with Gasteiger partial charge in [0.25, 0.3) is 0 Å². The second-order valence-electron chi connectivity index (χ2n) is 11.2. The van der Waals surface area contributed by atoms with Crippen LogP contribution in [0.15, 0.2) is 36.4 Å². The first kappa shape index (κ1) is 28.5. The molecule has 2 saturated heterocycles. The van der Waals surface area contributed by atoms with E-state index in [9.17, 15) is 14.4 Å². The van der Waals surface area contributed by atoms with Gasteiger partial charge in [0.2, 0.25) is 18.5 Å². The number of nitrogens with zero attached hydrogens (tertiary/aromatic N) is 4. The Labute approximate surface area is 240 Å². The molecular weight excluding hydrogens is 528 g/mol. The van der Waals surface area contributed by atoms with Crippen LogP contribution in [0.1, 0.15) is 51.9 Å². The van der Waals surface area contributed by atoms with E-state index in [-0.39, 0.29) is 37.0 Å². The Bertz CT molecular complexity index is 1200. The van der Waals surface area contributed by atoms with Crippen LogP contribution in [0.3, 0.4) is 0 Å². The monoisotopic (exact) mass is 569 g/mol. The van der Waals surface area contributed by atoms with Crippen molar-refractivity contribution in [1.82, 2.24) is 9.27 Å². The van der Waals surface area contributed by atoms with Gasteiger partial charge in [-0.2, -0.15) is 4.37 Å². The van der Waals surface area contributed by atoms with E-state index in [0.717, 1.165) is 83.5 Å². The Morgan fingerprint density at radius 1 is 1.05 bits per heavy atom. The molecule has 1 saturated carbocycles. The zero-order valence-electron chi connectivity index (χ0n) is 23.5. The summed E-state index contributed by atoms with van der Waals surface area (Å²) in [5.74, 6) is 0.896. The molecule has 3 fully saturated rings. The predicted molar refractivity (Wildman–Crippen MR) is 155 cm³/mol. The SMILES string of the molecule is CCC=CCOC(=O)OC[N+]1(CCCCN2C(=O)C3CCCCC3C2=O)CCN(c2nsc3ccccc23)CC1. The molecule has 9 nitrogen and oxygen atoms in total. The van der Waals surface area contributed by atoms with Crippen LogP contribution in [0.5, 0.6) is 0 Å². The number of carbonyl (C=O) groups excluding carboxylic acids is 3. The third-order valence-electron chi connectivity index (χ3n) is 8.70. The van der Waals surface area contributed by atoms with Crippen molar-refractivity contribution in [2.24, 2.45) is 11.8 Å². The smallest absolute Gasteiger partial charge is 0.430 e. The number of carbonyl (C=O) groups is 3. The first-order valence-electron chi connectivity index (χ1n) is 14.8. The van der Waals surface area contributed by atoms with Crippen LogP contribution in [0.25, 0.3) is 10.1 Å². The van der Waals surface area contributed by atoms with E-state index in [1.807, 2.05) is 31.2 Å². The maximum Gasteiger partial charge on any atom is 0.512 e. The summed E-state index contributed by atoms with van der Waals surface area (Å²) in [6.45, 7) is 6.98. The number of likely N-dealkylation sites (tertiary alicyclic amines) is 1. The molecule has 0 N–H and O–H groups in total. The third kappa shape index (κ3) is 6.33. The number of anilines is 1. The van der Waals surface area contributed by atoms with Crippen molar-refractivity contribution in [3.05, 3.63) is 36.4 Å². The fourth-order valence-corrected chi connectivity index (χ4v) is 7.17. The molecule has 40 heavy (non-hydrogen) atoms. The van der Waals surface area contributed by atoms with Crippen molar-refractivity contribution in [2.75, 3.05) is 57.5 Å². The predicted octanol–water partition coefficient (Wildman–Crippen LogP) is 4.97. The van der Waals surface area contributed by atoms with E-state index in [0.29, 0.717) is 11.0 Å². The zero-order valence-corrected chi connectivity index (χ0v) is 24.3. The first-order chi connectivity index (χ1) is 19.5. The summed E-state index contributed by atoms with van der Waals surface area (Å²) >= 11 is 1.52. The molecule has 1 aliphatic carbocycles. The lowest BCUT2D eigenvalue weighted by atomic mass is 9.81. The van der Waals surface area contributed by atoms with Crippen LogP contribution in [0.2, 0.25) is 0 Å². The number of fused-ring (bicyclic) bond motifs is 2. The first-order valence-corrected chi connectivity index (χ1v) is 15.5. The molecular formula is C30H41N4O5S+. The van der Waals surface area contributed by atoms with Crippen molar-refractivity contribution in [1.29, 1.82) is 0 Å². The zero-order chi connectivity index (χ0) is 28.0. The highest BCUT2D eigenvalue weighted by atomic mass is 32.1. The summed E-state index contributed by atoms with van der Waals surface area (Å²) in [4.78, 5) is 41.9. The Morgan fingerprint density at radius 3 is 2.50 bits per heavy atom. The summed E-state index contributed by atoms with van der Waals surface area (Å²) in [7, 11) is 0. The summed E-state index contributed by atoms with van der Waals surface area (Å²) < 4.78 is 17.4. The topological polar surface area (TPSA) is 89.0 Å². The van der Waals surface area contributed by atoms with Gasteiger partial charge in [-0.3, -0.25) is 19.0 Å². The number of imide groups is 1. The lowest BCUT2D eigenvalue weighted by molar-refractivity contribution is -0.944. The molecule has 216 valence electrons. The molecule has 2 atom stereocenters. The van der Waals surface area contributed by atoms with E-state index in [1.165, 1.54) is 26.5 Å². The average Bonchev–Trinajstić information content (AvgIpc) is 3.52. The number of rotatable bonds is 11. The van der Waals surface area contributed by atoms with Gasteiger partial charge in [-0.05, 0) is 55.8 Å². The average molecular weight is 570 g/mol. The van der Waals surface area contributed by atoms with E-state index < -0.39 is 6.16 Å². The molecule has 5 rings (SSSR count). The van der Waals surface area contributed by atoms with Crippen molar-refractivity contribution in [3.8, 4) is 0 Å². The normalized spacial score (nSPS) is 22.7. The molecule has 2 aliphatic heterocycles. The second-order valence-corrected chi connectivity index (χ2v) is 12.1. The lowest BCUT2D eigenvalue weighted by Crippen LogP contribution is -2.61. The molecule has 2 amide bonds. The van der Waals surface area contributed by atoms with Gasteiger partial charge in [0, 0.05) is 11.9 Å². The number of amides is 2. The standard InChI is InChI=1S/C30H41N4O5S/c1-2-3-10-21-38-30(37)39-22-34(18-9-8-15-33-28(35)23-11-4-5-12-24(23)29(33)36)19-16-32(17-20-34)27-25-13-6-7-14-26(25)40-31-27/h3,6-7,10,13-14,23-24H,2,4-5,8-9,11-12,15-22H2,1H3/q+1. The number of hydrogen-bond acceptors (Lipinski definition) is 8. The van der Waals surface area contributed by atoms with Gasteiger partial charge in [0.15, 0.2) is 5.82 Å². The second kappa shape index (κ2) is 13.1. The number of ether oxygens (including phenoxy) is 2. The molecule has 2 aromatic rings. The quantitative estimate of drug-likeness (QED) is 0.124. The summed E-state index contributed by atoms with van der Waals surface area (Å²) in [5.41, 5.74) is 0. The van der Waals surface area contributed by atoms with Crippen molar-refractivity contribution in [3.63, 3.8) is 0 Å². The molecule has 2 unspecified atom stereocenters. The summed E-state index contributed by atoms with van der Waals surface area (Å²) in [6, 6.07) is 8.30. The Morgan fingerprint density at radius 2 is 1.77 bits per heavy atom. The number of benzene rings is 1. The van der Waals surface area contributed by atoms with Gasteiger partial charge in [0.1, 0.15) is 6.61 Å². The van der Waals surface area contributed by atoms with E-state index in [2.05, 4.69) is 17.0 Å². The fourth-order valence-electron chi connectivity index (χ4n) is 6.37. The highest BCUT2D eigenvalue weighted by Crippen LogP contribution is 2.38. The van der Waals surface area contributed by atoms with Gasteiger partial charge in [0.05, 0.1) is 49.3 Å². The largest absolute Gasteiger partial charge is 0.512 e. The van der Waals surface area contributed by atoms with Crippen molar-refractivity contribution in [2.45, 2.75) is 51.9 Å². The highest BCUT2D eigenvalue weighted by molar-refractivity contribution is 7.13. The van der Waals surface area contributed by atoms with Crippen LogP contribution < -0.4 is 4.90 Å². The van der Waals surface area contributed by atoms with Crippen LogP contribution in [-0.2, 0) is 19.1 Å². The minimum absolute atomic E-state index is 0.0332. The van der Waals surface area contributed by atoms with Gasteiger partial charge < -0.3 is 14.4 Å². The Balaban J connectivity index is 1.18. The number of allylic oxidation sites excluding steroid dienone is 1. The Kier molecular flexibility index (Phi) is 9.36. The van der Waals surface area contributed by atoms with Crippen LogP contribution in [0.4, 0.5) is 10.6 Å². The van der Waals surface area contributed by atoms with E-state index in [4.69, 9.17) is 13.8 Å². The molecule has 0 spiro atoms. The third-order valence-corrected chi connectivity index (χ3v) is 9.52. The molecule has 1 aromatic heterocycles. The summed E-state index contributed by atoms with van der Waals surface area (Å²) in [6.07, 6.45) is 9.37. The fraction of sp³-hybridized carbons (Fsp3) is 0.600. The van der Waals surface area contributed by atoms with Gasteiger partial charge in [-0.15, -0.1) is 0 Å².